The highest BCUT2D eigenvalue weighted by molar-refractivity contribution is 5.67. The van der Waals surface area contributed by atoms with Gasteiger partial charge in [0.2, 0.25) is 0 Å². The maximum Gasteiger partial charge on any atom is 0.305 e. The summed E-state index contributed by atoms with van der Waals surface area (Å²) < 4.78 is 0. The maximum atomic E-state index is 10.8. The van der Waals surface area contributed by atoms with Gasteiger partial charge in [0, 0.05) is 31.2 Å². The Morgan fingerprint density at radius 1 is 1.05 bits per heavy atom. The Kier molecular flexibility index (Phi) is 5.95. The minimum Gasteiger partial charge on any atom is -0.481 e. The van der Waals surface area contributed by atoms with Gasteiger partial charge in [-0.3, -0.25) is 9.78 Å². The van der Waals surface area contributed by atoms with Crippen LogP contribution in [0.3, 0.4) is 0 Å². The molecule has 0 saturated heterocycles. The average molecular weight is 298 g/mol. The van der Waals surface area contributed by atoms with E-state index in [1.165, 1.54) is 11.1 Å². The maximum absolute atomic E-state index is 10.8. The van der Waals surface area contributed by atoms with E-state index in [1.807, 2.05) is 12.1 Å². The van der Waals surface area contributed by atoms with Crippen molar-refractivity contribution >= 4 is 11.7 Å². The highest BCUT2D eigenvalue weighted by Crippen LogP contribution is 2.18. The van der Waals surface area contributed by atoms with Crippen LogP contribution >= 0.6 is 0 Å². The van der Waals surface area contributed by atoms with Crippen LogP contribution in [0.5, 0.6) is 0 Å². The van der Waals surface area contributed by atoms with Crippen molar-refractivity contribution in [1.29, 1.82) is 0 Å². The van der Waals surface area contributed by atoms with E-state index in [9.17, 15) is 4.79 Å². The Labute approximate surface area is 131 Å². The summed E-state index contributed by atoms with van der Waals surface area (Å²) in [5.41, 5.74) is 3.56. The SMILES string of the molecule is CCCN(CCC(=O)O)c1ccc(Cc2ccncc2)cc1. The van der Waals surface area contributed by atoms with Gasteiger partial charge in [-0.2, -0.15) is 0 Å². The molecule has 0 saturated carbocycles. The molecule has 0 aliphatic heterocycles. The van der Waals surface area contributed by atoms with Crippen LogP contribution in [0.2, 0.25) is 0 Å². The lowest BCUT2D eigenvalue weighted by atomic mass is 10.1. The quantitative estimate of drug-likeness (QED) is 0.812. The van der Waals surface area contributed by atoms with Crippen LogP contribution in [0.25, 0.3) is 0 Å². The lowest BCUT2D eigenvalue weighted by Crippen LogP contribution is -2.26. The lowest BCUT2D eigenvalue weighted by Gasteiger charge is -2.23. The highest BCUT2D eigenvalue weighted by atomic mass is 16.4. The number of aromatic nitrogens is 1. The van der Waals surface area contributed by atoms with Crippen molar-refractivity contribution in [3.63, 3.8) is 0 Å². The Balaban J connectivity index is 2.03. The van der Waals surface area contributed by atoms with Gasteiger partial charge in [0.25, 0.3) is 0 Å². The average Bonchev–Trinajstić information content (AvgIpc) is 2.53. The van der Waals surface area contributed by atoms with E-state index in [-0.39, 0.29) is 6.42 Å². The molecule has 0 atom stereocenters. The normalized spacial score (nSPS) is 10.4. The molecule has 0 bridgehead atoms. The number of carboxylic acids is 1. The predicted octanol–water partition coefficient (Wildman–Crippen LogP) is 3.36. The minimum absolute atomic E-state index is 0.165. The van der Waals surface area contributed by atoms with Crippen LogP contribution in [0, 0.1) is 0 Å². The number of carbonyl (C=O) groups is 1. The second kappa shape index (κ2) is 8.17. The van der Waals surface area contributed by atoms with Gasteiger partial charge in [-0.05, 0) is 48.2 Å². The van der Waals surface area contributed by atoms with E-state index >= 15 is 0 Å². The second-order valence-electron chi connectivity index (χ2n) is 5.33. The summed E-state index contributed by atoms with van der Waals surface area (Å²) in [6.45, 7) is 3.52. The molecule has 2 aromatic rings. The van der Waals surface area contributed by atoms with E-state index in [2.05, 4.69) is 41.1 Å². The second-order valence-corrected chi connectivity index (χ2v) is 5.33. The van der Waals surface area contributed by atoms with E-state index in [0.717, 1.165) is 25.1 Å². The molecular weight excluding hydrogens is 276 g/mol. The first-order valence-corrected chi connectivity index (χ1v) is 7.63. The van der Waals surface area contributed by atoms with Gasteiger partial charge in [-0.1, -0.05) is 19.1 Å². The highest BCUT2D eigenvalue weighted by Gasteiger charge is 2.08. The first-order chi connectivity index (χ1) is 10.7. The third-order valence-electron chi connectivity index (χ3n) is 3.55. The molecule has 1 heterocycles. The standard InChI is InChI=1S/C18H22N2O2/c1-2-12-20(13-9-18(21)22)17-5-3-15(4-6-17)14-16-7-10-19-11-8-16/h3-8,10-11H,2,9,12-14H2,1H3,(H,21,22). The van der Waals surface area contributed by atoms with Gasteiger partial charge >= 0.3 is 5.97 Å². The van der Waals surface area contributed by atoms with Crippen molar-refractivity contribution in [3.05, 3.63) is 59.9 Å². The van der Waals surface area contributed by atoms with Gasteiger partial charge < -0.3 is 10.0 Å². The molecule has 116 valence electrons. The summed E-state index contributed by atoms with van der Waals surface area (Å²) in [6, 6.07) is 12.4. The zero-order valence-electron chi connectivity index (χ0n) is 12.9. The summed E-state index contributed by atoms with van der Waals surface area (Å²) in [7, 11) is 0. The molecule has 22 heavy (non-hydrogen) atoms. The van der Waals surface area contributed by atoms with Crippen molar-refractivity contribution in [3.8, 4) is 0 Å². The largest absolute Gasteiger partial charge is 0.481 e. The Hall–Kier alpha value is -2.36. The summed E-state index contributed by atoms with van der Waals surface area (Å²) in [4.78, 5) is 16.9. The van der Waals surface area contributed by atoms with Crippen LogP contribution in [0.1, 0.15) is 30.9 Å². The third kappa shape index (κ3) is 4.88. The zero-order valence-corrected chi connectivity index (χ0v) is 12.9. The third-order valence-corrected chi connectivity index (χ3v) is 3.55. The number of carboxylic acid groups (broad SMARTS) is 1. The van der Waals surface area contributed by atoms with E-state index < -0.39 is 5.97 Å². The van der Waals surface area contributed by atoms with Crippen LogP contribution < -0.4 is 4.90 Å². The molecule has 1 aromatic carbocycles. The predicted molar refractivity (Wildman–Crippen MR) is 88.2 cm³/mol. The van der Waals surface area contributed by atoms with Crippen molar-refractivity contribution in [2.75, 3.05) is 18.0 Å². The van der Waals surface area contributed by atoms with E-state index in [4.69, 9.17) is 5.11 Å². The van der Waals surface area contributed by atoms with Crippen molar-refractivity contribution in [1.82, 2.24) is 4.98 Å². The molecule has 0 radical (unpaired) electrons. The molecular formula is C18H22N2O2. The summed E-state index contributed by atoms with van der Waals surface area (Å²) in [5.74, 6) is -0.754. The van der Waals surface area contributed by atoms with Crippen LogP contribution in [-0.4, -0.2) is 29.1 Å². The van der Waals surface area contributed by atoms with Crippen molar-refractivity contribution in [2.45, 2.75) is 26.2 Å². The number of aliphatic carboxylic acids is 1. The molecule has 4 nitrogen and oxygen atoms in total. The van der Waals surface area contributed by atoms with Gasteiger partial charge in [-0.15, -0.1) is 0 Å². The van der Waals surface area contributed by atoms with E-state index in [0.29, 0.717) is 6.54 Å². The van der Waals surface area contributed by atoms with Gasteiger partial charge in [0.05, 0.1) is 6.42 Å². The van der Waals surface area contributed by atoms with Crippen molar-refractivity contribution < 1.29 is 9.90 Å². The topological polar surface area (TPSA) is 53.4 Å². The van der Waals surface area contributed by atoms with Crippen LogP contribution in [-0.2, 0) is 11.2 Å². The van der Waals surface area contributed by atoms with Crippen LogP contribution in [0.4, 0.5) is 5.69 Å². The number of hydrogen-bond acceptors (Lipinski definition) is 3. The minimum atomic E-state index is -0.754. The molecule has 0 aliphatic rings. The fourth-order valence-corrected chi connectivity index (χ4v) is 2.43. The first-order valence-electron chi connectivity index (χ1n) is 7.63. The fraction of sp³-hybridized carbons (Fsp3) is 0.333. The fourth-order valence-electron chi connectivity index (χ4n) is 2.43. The molecule has 0 amide bonds. The van der Waals surface area contributed by atoms with Crippen molar-refractivity contribution in [2.24, 2.45) is 0 Å². The molecule has 0 fully saturated rings. The summed E-state index contributed by atoms with van der Waals surface area (Å²) >= 11 is 0. The smallest absolute Gasteiger partial charge is 0.305 e. The molecule has 2 rings (SSSR count). The number of rotatable bonds is 8. The van der Waals surface area contributed by atoms with E-state index in [1.54, 1.807) is 12.4 Å². The lowest BCUT2D eigenvalue weighted by molar-refractivity contribution is -0.136. The molecule has 0 spiro atoms. The van der Waals surface area contributed by atoms with Gasteiger partial charge in [-0.25, -0.2) is 0 Å². The molecule has 1 aromatic heterocycles. The van der Waals surface area contributed by atoms with Gasteiger partial charge in [0.1, 0.15) is 0 Å². The number of pyridine rings is 1. The van der Waals surface area contributed by atoms with Crippen LogP contribution in [0.15, 0.2) is 48.8 Å². The Morgan fingerprint density at radius 3 is 2.27 bits per heavy atom. The molecule has 0 aliphatic carbocycles. The number of nitrogens with zero attached hydrogens (tertiary/aromatic N) is 2. The molecule has 1 N–H and O–H groups in total. The molecule has 0 unspecified atom stereocenters. The Morgan fingerprint density at radius 2 is 1.68 bits per heavy atom. The summed E-state index contributed by atoms with van der Waals surface area (Å²) in [5, 5.41) is 8.85. The number of hydrogen-bond donors (Lipinski definition) is 1. The van der Waals surface area contributed by atoms with Gasteiger partial charge in [0.15, 0.2) is 0 Å². The molecule has 4 heteroatoms. The monoisotopic (exact) mass is 298 g/mol. The zero-order chi connectivity index (χ0) is 15.8. The summed E-state index contributed by atoms with van der Waals surface area (Å²) in [6.07, 6.45) is 5.65. The number of benzene rings is 1. The first kappa shape index (κ1) is 16.0. The number of anilines is 1. The Bertz CT molecular complexity index is 582.